The van der Waals surface area contributed by atoms with E-state index < -0.39 is 0 Å². The van der Waals surface area contributed by atoms with E-state index in [0.29, 0.717) is 0 Å². The van der Waals surface area contributed by atoms with Gasteiger partial charge in [-0.1, -0.05) is 40.2 Å². The molecular formula is C11H10BrN. The highest BCUT2D eigenvalue weighted by Gasteiger charge is 2.02. The van der Waals surface area contributed by atoms with Crippen LogP contribution in [0.4, 0.5) is 0 Å². The molecule has 0 unspecified atom stereocenters. The lowest BCUT2D eigenvalue weighted by molar-refractivity contribution is 1.16. The van der Waals surface area contributed by atoms with Crippen LogP contribution in [0.1, 0.15) is 12.0 Å². The van der Waals surface area contributed by atoms with Gasteiger partial charge in [0.15, 0.2) is 0 Å². The zero-order valence-corrected chi connectivity index (χ0v) is 8.79. The molecular weight excluding hydrogens is 226 g/mol. The van der Waals surface area contributed by atoms with Crippen LogP contribution < -0.4 is 0 Å². The van der Waals surface area contributed by atoms with E-state index in [4.69, 9.17) is 0 Å². The molecule has 1 aliphatic rings. The predicted molar refractivity (Wildman–Crippen MR) is 59.3 cm³/mol. The maximum absolute atomic E-state index is 4.44. The molecule has 1 heterocycles. The van der Waals surface area contributed by atoms with Crippen molar-refractivity contribution in [3.05, 3.63) is 46.5 Å². The predicted octanol–water partition coefficient (Wildman–Crippen LogP) is 3.20. The molecule has 66 valence electrons. The van der Waals surface area contributed by atoms with Crippen LogP contribution in [0.15, 0.2) is 45.9 Å². The molecule has 13 heavy (non-hydrogen) atoms. The minimum absolute atomic E-state index is 0.825. The smallest absolute Gasteiger partial charge is 0.0574 e. The van der Waals surface area contributed by atoms with Crippen molar-refractivity contribution in [1.82, 2.24) is 0 Å². The third-order valence-corrected chi connectivity index (χ3v) is 2.57. The van der Waals surface area contributed by atoms with Gasteiger partial charge in [0.05, 0.1) is 6.54 Å². The van der Waals surface area contributed by atoms with Gasteiger partial charge in [-0.25, -0.2) is 0 Å². The minimum atomic E-state index is 0.825. The molecule has 0 saturated heterocycles. The molecule has 0 N–H and O–H groups in total. The fraction of sp³-hybridized carbons (Fsp3) is 0.182. The highest BCUT2D eigenvalue weighted by molar-refractivity contribution is 9.10. The van der Waals surface area contributed by atoms with Crippen LogP contribution in [0.25, 0.3) is 0 Å². The van der Waals surface area contributed by atoms with Crippen molar-refractivity contribution in [2.75, 3.05) is 6.54 Å². The Morgan fingerprint density at radius 2 is 1.85 bits per heavy atom. The van der Waals surface area contributed by atoms with Crippen LogP contribution in [0.2, 0.25) is 0 Å². The maximum atomic E-state index is 4.44. The summed E-state index contributed by atoms with van der Waals surface area (Å²) in [6.07, 6.45) is 5.23. The molecule has 1 nitrogen and oxygen atoms in total. The number of hydrogen-bond acceptors (Lipinski definition) is 1. The minimum Gasteiger partial charge on any atom is -0.285 e. The molecule has 0 aliphatic carbocycles. The first-order chi connectivity index (χ1) is 6.36. The normalized spacial score (nSPS) is 15.6. The van der Waals surface area contributed by atoms with E-state index in [0.717, 1.165) is 17.4 Å². The zero-order chi connectivity index (χ0) is 9.10. The summed E-state index contributed by atoms with van der Waals surface area (Å²) in [5.41, 5.74) is 2.42. The number of allylic oxidation sites excluding steroid dienone is 1. The Balaban J connectivity index is 2.25. The average Bonchev–Trinajstić information content (AvgIpc) is 2.20. The van der Waals surface area contributed by atoms with Crippen molar-refractivity contribution in [2.24, 2.45) is 4.99 Å². The molecule has 2 rings (SSSR count). The van der Waals surface area contributed by atoms with Crippen LogP contribution in [0.5, 0.6) is 0 Å². The second-order valence-electron chi connectivity index (χ2n) is 2.97. The molecule has 0 saturated carbocycles. The van der Waals surface area contributed by atoms with Gasteiger partial charge < -0.3 is 0 Å². The van der Waals surface area contributed by atoms with Gasteiger partial charge in [0.2, 0.25) is 0 Å². The first kappa shape index (κ1) is 8.70. The largest absolute Gasteiger partial charge is 0.285 e. The van der Waals surface area contributed by atoms with Gasteiger partial charge in [-0.3, -0.25) is 4.99 Å². The number of halogens is 1. The zero-order valence-electron chi connectivity index (χ0n) is 7.20. The van der Waals surface area contributed by atoms with E-state index >= 15 is 0 Å². The molecule has 0 atom stereocenters. The molecule has 0 radical (unpaired) electrons. The Hall–Kier alpha value is -0.890. The SMILES string of the molecule is Brc1ccc(C2=NCC=CC2)cc1. The van der Waals surface area contributed by atoms with Crippen LogP contribution in [0.3, 0.4) is 0 Å². The van der Waals surface area contributed by atoms with Gasteiger partial charge in [0.1, 0.15) is 0 Å². The van der Waals surface area contributed by atoms with Crippen LogP contribution in [-0.4, -0.2) is 12.3 Å². The quantitative estimate of drug-likeness (QED) is 0.664. The second kappa shape index (κ2) is 3.88. The molecule has 0 bridgehead atoms. The monoisotopic (exact) mass is 235 g/mol. The highest BCUT2D eigenvalue weighted by atomic mass is 79.9. The van der Waals surface area contributed by atoms with Gasteiger partial charge in [-0.05, 0) is 17.7 Å². The lowest BCUT2D eigenvalue weighted by Crippen LogP contribution is -2.03. The third-order valence-electron chi connectivity index (χ3n) is 2.04. The molecule has 1 aromatic rings. The van der Waals surface area contributed by atoms with Crippen molar-refractivity contribution in [3.8, 4) is 0 Å². The highest BCUT2D eigenvalue weighted by Crippen LogP contribution is 2.14. The van der Waals surface area contributed by atoms with Crippen molar-refractivity contribution >= 4 is 21.6 Å². The molecule has 1 aliphatic heterocycles. The number of rotatable bonds is 1. The summed E-state index contributed by atoms with van der Waals surface area (Å²) in [6, 6.07) is 8.30. The summed E-state index contributed by atoms with van der Waals surface area (Å²) in [5.74, 6) is 0. The van der Waals surface area contributed by atoms with Crippen LogP contribution in [-0.2, 0) is 0 Å². The average molecular weight is 236 g/mol. The van der Waals surface area contributed by atoms with E-state index in [1.165, 1.54) is 11.3 Å². The molecule has 0 fully saturated rings. The Morgan fingerprint density at radius 3 is 2.46 bits per heavy atom. The van der Waals surface area contributed by atoms with Gasteiger partial charge >= 0.3 is 0 Å². The fourth-order valence-electron chi connectivity index (χ4n) is 1.35. The number of benzene rings is 1. The first-order valence-electron chi connectivity index (χ1n) is 4.30. The Bertz CT molecular complexity index is 349. The van der Waals surface area contributed by atoms with E-state index in [1.54, 1.807) is 0 Å². The molecule has 0 amide bonds. The number of hydrogen-bond donors (Lipinski definition) is 0. The van der Waals surface area contributed by atoms with E-state index in [9.17, 15) is 0 Å². The van der Waals surface area contributed by atoms with Crippen molar-refractivity contribution in [3.63, 3.8) is 0 Å². The fourth-order valence-corrected chi connectivity index (χ4v) is 1.61. The summed E-state index contributed by atoms with van der Waals surface area (Å²) in [6.45, 7) is 0.825. The Kier molecular flexibility index (Phi) is 2.60. The van der Waals surface area contributed by atoms with Gasteiger partial charge in [0.25, 0.3) is 0 Å². The second-order valence-corrected chi connectivity index (χ2v) is 3.89. The Labute approximate surface area is 86.3 Å². The first-order valence-corrected chi connectivity index (χ1v) is 5.10. The standard InChI is InChI=1S/C11H10BrN/c12-10-6-4-9(5-7-10)11-3-1-2-8-13-11/h1-2,4-7H,3,8H2. The van der Waals surface area contributed by atoms with Crippen LogP contribution in [0, 0.1) is 0 Å². The van der Waals surface area contributed by atoms with Crippen molar-refractivity contribution in [2.45, 2.75) is 6.42 Å². The molecule has 2 heteroatoms. The topological polar surface area (TPSA) is 12.4 Å². The summed E-state index contributed by atoms with van der Waals surface area (Å²) in [7, 11) is 0. The van der Waals surface area contributed by atoms with Crippen LogP contribution >= 0.6 is 15.9 Å². The van der Waals surface area contributed by atoms with Gasteiger partial charge in [-0.15, -0.1) is 0 Å². The van der Waals surface area contributed by atoms with Gasteiger partial charge in [0, 0.05) is 16.6 Å². The lowest BCUT2D eigenvalue weighted by atomic mass is 10.1. The van der Waals surface area contributed by atoms with E-state index in [-0.39, 0.29) is 0 Å². The maximum Gasteiger partial charge on any atom is 0.0574 e. The molecule has 0 aromatic heterocycles. The van der Waals surface area contributed by atoms with Gasteiger partial charge in [-0.2, -0.15) is 0 Å². The van der Waals surface area contributed by atoms with Crippen molar-refractivity contribution < 1.29 is 0 Å². The molecule has 0 spiro atoms. The molecule has 1 aromatic carbocycles. The number of nitrogens with zero attached hydrogens (tertiary/aromatic N) is 1. The number of aliphatic imine (C=N–C) groups is 1. The van der Waals surface area contributed by atoms with E-state index in [2.05, 4.69) is 57.3 Å². The summed E-state index contributed by atoms with van der Waals surface area (Å²) in [4.78, 5) is 4.44. The number of dihydropyridines is 1. The third kappa shape index (κ3) is 2.07. The summed E-state index contributed by atoms with van der Waals surface area (Å²) in [5, 5.41) is 0. The summed E-state index contributed by atoms with van der Waals surface area (Å²) >= 11 is 3.42. The Morgan fingerprint density at radius 1 is 1.08 bits per heavy atom. The van der Waals surface area contributed by atoms with E-state index in [1.807, 2.05) is 0 Å². The summed E-state index contributed by atoms with van der Waals surface area (Å²) < 4.78 is 1.11. The van der Waals surface area contributed by atoms with Crippen molar-refractivity contribution in [1.29, 1.82) is 0 Å². The lowest BCUT2D eigenvalue weighted by Gasteiger charge is -2.07.